The van der Waals surface area contributed by atoms with E-state index in [-0.39, 0.29) is 0 Å². The molecule has 49 heavy (non-hydrogen) atoms. The summed E-state index contributed by atoms with van der Waals surface area (Å²) >= 11 is 0. The standard InChI is InChI=1S/C46H31N3/c1-4-16-32(17-5-1)45-47-40-25-13-15-27-42(40)49(45)36-30-28-35(29-31-36)48-41-26-14-11-23-38(41)43-44(48)37-22-10-12-24-39(37)46(43,33-18-6-2-7-19-33)34-20-8-3-9-21-34/h1-31H. The maximum Gasteiger partial charge on any atom is 0.145 e. The first-order chi connectivity index (χ1) is 24.3. The van der Waals surface area contributed by atoms with E-state index in [0.717, 1.165) is 33.8 Å². The van der Waals surface area contributed by atoms with Gasteiger partial charge in [-0.2, -0.15) is 0 Å². The highest BCUT2D eigenvalue weighted by molar-refractivity contribution is 6.02. The van der Waals surface area contributed by atoms with Gasteiger partial charge in [0.05, 0.1) is 27.7 Å². The Balaban J connectivity index is 1.24. The lowest BCUT2D eigenvalue weighted by Crippen LogP contribution is -2.28. The molecule has 2 aromatic heterocycles. The van der Waals surface area contributed by atoms with E-state index < -0.39 is 5.41 Å². The van der Waals surface area contributed by atoms with Crippen molar-refractivity contribution in [2.45, 2.75) is 5.41 Å². The molecule has 1 aliphatic rings. The van der Waals surface area contributed by atoms with Gasteiger partial charge in [-0.1, -0.05) is 146 Å². The summed E-state index contributed by atoms with van der Waals surface area (Å²) in [5.74, 6) is 0.936. The largest absolute Gasteiger partial charge is 0.309 e. The molecule has 1 aliphatic carbocycles. The molecule has 230 valence electrons. The summed E-state index contributed by atoms with van der Waals surface area (Å²) in [4.78, 5) is 5.08. The summed E-state index contributed by atoms with van der Waals surface area (Å²) < 4.78 is 4.75. The topological polar surface area (TPSA) is 22.8 Å². The van der Waals surface area contributed by atoms with Crippen LogP contribution in [0.25, 0.3) is 56.0 Å². The van der Waals surface area contributed by atoms with Crippen LogP contribution < -0.4 is 0 Å². The normalized spacial score (nSPS) is 13.1. The maximum absolute atomic E-state index is 5.08. The van der Waals surface area contributed by atoms with Gasteiger partial charge >= 0.3 is 0 Å². The Morgan fingerprint density at radius 3 is 1.65 bits per heavy atom. The van der Waals surface area contributed by atoms with E-state index >= 15 is 0 Å². The Labute approximate surface area is 285 Å². The van der Waals surface area contributed by atoms with Crippen molar-refractivity contribution in [1.29, 1.82) is 0 Å². The van der Waals surface area contributed by atoms with Crippen molar-refractivity contribution >= 4 is 21.9 Å². The minimum absolute atomic E-state index is 0.473. The van der Waals surface area contributed by atoms with E-state index in [1.165, 1.54) is 44.4 Å². The summed E-state index contributed by atoms with van der Waals surface area (Å²) in [5.41, 5.74) is 13.8. The predicted octanol–water partition coefficient (Wildman–Crippen LogP) is 11.0. The molecule has 0 unspecified atom stereocenters. The number of fused-ring (bicyclic) bond motifs is 6. The van der Waals surface area contributed by atoms with Crippen molar-refractivity contribution in [3.8, 4) is 34.0 Å². The fourth-order valence-electron chi connectivity index (χ4n) is 8.26. The number of aromatic nitrogens is 3. The molecule has 10 rings (SSSR count). The van der Waals surface area contributed by atoms with Crippen LogP contribution in [0.5, 0.6) is 0 Å². The molecule has 0 fully saturated rings. The highest BCUT2D eigenvalue weighted by Crippen LogP contribution is 2.59. The van der Waals surface area contributed by atoms with Crippen LogP contribution in [0.3, 0.4) is 0 Å². The first-order valence-electron chi connectivity index (χ1n) is 16.8. The summed E-state index contributed by atoms with van der Waals surface area (Å²) in [5, 5.41) is 1.26. The van der Waals surface area contributed by atoms with E-state index in [4.69, 9.17) is 4.98 Å². The van der Waals surface area contributed by atoms with Gasteiger partial charge in [0.2, 0.25) is 0 Å². The first-order valence-corrected chi connectivity index (χ1v) is 16.8. The minimum atomic E-state index is -0.473. The van der Waals surface area contributed by atoms with Crippen molar-refractivity contribution in [3.05, 3.63) is 210 Å². The Morgan fingerprint density at radius 1 is 0.429 bits per heavy atom. The average molecular weight is 626 g/mol. The van der Waals surface area contributed by atoms with E-state index in [1.807, 2.05) is 6.07 Å². The molecule has 0 atom stereocenters. The second kappa shape index (κ2) is 10.8. The molecule has 0 amide bonds. The minimum Gasteiger partial charge on any atom is -0.309 e. The van der Waals surface area contributed by atoms with Crippen molar-refractivity contribution < 1.29 is 0 Å². The van der Waals surface area contributed by atoms with Gasteiger partial charge in [0, 0.05) is 33.5 Å². The van der Waals surface area contributed by atoms with E-state index in [0.29, 0.717) is 0 Å². The lowest BCUT2D eigenvalue weighted by atomic mass is 9.67. The SMILES string of the molecule is c1ccc(-c2nc3ccccc3n2-c2ccc(-n3c4c(c5ccccc53)C(c3ccccc3)(c3ccccc3)c3ccccc3-4)cc2)cc1. The maximum atomic E-state index is 5.08. The highest BCUT2D eigenvalue weighted by atomic mass is 15.1. The third-order valence-electron chi connectivity index (χ3n) is 10.2. The van der Waals surface area contributed by atoms with Gasteiger partial charge in [-0.3, -0.25) is 4.57 Å². The Kier molecular flexibility index (Phi) is 6.09. The zero-order chi connectivity index (χ0) is 32.4. The van der Waals surface area contributed by atoms with Gasteiger partial charge in [-0.25, -0.2) is 4.98 Å². The third kappa shape index (κ3) is 3.93. The number of benzene rings is 7. The van der Waals surface area contributed by atoms with Gasteiger partial charge in [0.25, 0.3) is 0 Å². The monoisotopic (exact) mass is 625 g/mol. The van der Waals surface area contributed by atoms with Crippen LogP contribution >= 0.6 is 0 Å². The smallest absolute Gasteiger partial charge is 0.145 e. The molecular weight excluding hydrogens is 595 g/mol. The molecule has 9 aromatic rings. The van der Waals surface area contributed by atoms with Crippen LogP contribution in [0.4, 0.5) is 0 Å². The second-order valence-electron chi connectivity index (χ2n) is 12.7. The van der Waals surface area contributed by atoms with Gasteiger partial charge < -0.3 is 4.57 Å². The Morgan fingerprint density at radius 2 is 0.959 bits per heavy atom. The number of para-hydroxylation sites is 3. The van der Waals surface area contributed by atoms with Crippen LogP contribution in [0.1, 0.15) is 22.3 Å². The molecule has 0 aliphatic heterocycles. The van der Waals surface area contributed by atoms with Gasteiger partial charge in [0.1, 0.15) is 5.82 Å². The van der Waals surface area contributed by atoms with Gasteiger partial charge in [-0.15, -0.1) is 0 Å². The molecule has 2 heterocycles. The van der Waals surface area contributed by atoms with Crippen molar-refractivity contribution in [3.63, 3.8) is 0 Å². The highest BCUT2D eigenvalue weighted by Gasteiger charge is 2.49. The van der Waals surface area contributed by atoms with Crippen LogP contribution in [0, 0.1) is 0 Å². The lowest BCUT2D eigenvalue weighted by Gasteiger charge is -2.33. The van der Waals surface area contributed by atoms with Gasteiger partial charge in [-0.05, 0) is 59.2 Å². The number of hydrogen-bond donors (Lipinski definition) is 0. The Hall–Kier alpha value is -6.45. The summed E-state index contributed by atoms with van der Waals surface area (Å²) in [6, 6.07) is 67.8. The molecule has 0 radical (unpaired) electrons. The van der Waals surface area contributed by atoms with Crippen molar-refractivity contribution in [2.24, 2.45) is 0 Å². The molecule has 0 saturated heterocycles. The van der Waals surface area contributed by atoms with Crippen LogP contribution in [0.15, 0.2) is 188 Å². The summed E-state index contributed by atoms with van der Waals surface area (Å²) in [6.07, 6.45) is 0. The number of rotatable bonds is 5. The van der Waals surface area contributed by atoms with Gasteiger partial charge in [0.15, 0.2) is 0 Å². The number of nitrogens with zero attached hydrogens (tertiary/aromatic N) is 3. The Bertz CT molecular complexity index is 2590. The summed E-state index contributed by atoms with van der Waals surface area (Å²) in [7, 11) is 0. The number of hydrogen-bond acceptors (Lipinski definition) is 1. The molecule has 0 saturated carbocycles. The van der Waals surface area contributed by atoms with Crippen LogP contribution in [-0.2, 0) is 5.41 Å². The van der Waals surface area contributed by atoms with E-state index in [9.17, 15) is 0 Å². The van der Waals surface area contributed by atoms with Crippen molar-refractivity contribution in [2.75, 3.05) is 0 Å². The molecule has 3 nitrogen and oxygen atoms in total. The fraction of sp³-hybridized carbons (Fsp3) is 0.0217. The molecule has 0 spiro atoms. The quantitative estimate of drug-likeness (QED) is 0.187. The predicted molar refractivity (Wildman–Crippen MR) is 201 cm³/mol. The molecule has 0 bridgehead atoms. The zero-order valence-corrected chi connectivity index (χ0v) is 26.7. The van der Waals surface area contributed by atoms with E-state index in [2.05, 4.69) is 191 Å². The first kappa shape index (κ1) is 27.6. The lowest BCUT2D eigenvalue weighted by molar-refractivity contribution is 0.775. The number of imidazole rings is 1. The zero-order valence-electron chi connectivity index (χ0n) is 26.7. The molecule has 0 N–H and O–H groups in total. The van der Waals surface area contributed by atoms with Crippen LogP contribution in [-0.4, -0.2) is 14.1 Å². The molecule has 7 aromatic carbocycles. The molecular formula is C46H31N3. The van der Waals surface area contributed by atoms with E-state index in [1.54, 1.807) is 0 Å². The van der Waals surface area contributed by atoms with Crippen LogP contribution in [0.2, 0.25) is 0 Å². The fourth-order valence-corrected chi connectivity index (χ4v) is 8.26. The van der Waals surface area contributed by atoms with Crippen molar-refractivity contribution in [1.82, 2.24) is 14.1 Å². The average Bonchev–Trinajstić information content (AvgIpc) is 3.83. The third-order valence-corrected chi connectivity index (χ3v) is 10.2. The summed E-state index contributed by atoms with van der Waals surface area (Å²) in [6.45, 7) is 0. The molecule has 3 heteroatoms. The second-order valence-corrected chi connectivity index (χ2v) is 12.7.